The van der Waals surface area contributed by atoms with Crippen molar-refractivity contribution in [1.82, 2.24) is 0 Å². The fourth-order valence-corrected chi connectivity index (χ4v) is 7.31. The van der Waals surface area contributed by atoms with Gasteiger partial charge in [-0.1, -0.05) is 66.8 Å². The minimum absolute atomic E-state index is 0.754. The first-order valence-electron chi connectivity index (χ1n) is 14.2. The number of rotatable bonds is 5. The van der Waals surface area contributed by atoms with Crippen molar-refractivity contribution < 1.29 is 0 Å². The summed E-state index contributed by atoms with van der Waals surface area (Å²) < 4.78 is 0. The second-order valence-corrected chi connectivity index (χ2v) is 11.4. The Morgan fingerprint density at radius 1 is 0.588 bits per heavy atom. The molecule has 2 saturated carbocycles. The highest BCUT2D eigenvalue weighted by Gasteiger charge is 2.29. The van der Waals surface area contributed by atoms with Crippen molar-refractivity contribution in [3.05, 3.63) is 83.5 Å². The van der Waals surface area contributed by atoms with Gasteiger partial charge in [-0.25, -0.2) is 0 Å². The molecule has 0 amide bonds. The topological polar surface area (TPSA) is 0 Å². The molecule has 0 N–H and O–H groups in total. The van der Waals surface area contributed by atoms with Gasteiger partial charge in [0, 0.05) is 0 Å². The molecular formula is C34H44. The lowest BCUT2D eigenvalue weighted by Gasteiger charge is -2.36. The minimum Gasteiger partial charge on any atom is -0.0914 e. The minimum atomic E-state index is 0.754. The molecular weight excluding hydrogens is 408 g/mol. The van der Waals surface area contributed by atoms with Gasteiger partial charge in [-0.2, -0.15) is 0 Å². The predicted octanol–water partition coefficient (Wildman–Crippen LogP) is 9.69. The highest BCUT2D eigenvalue weighted by Crippen LogP contribution is 2.41. The monoisotopic (exact) mass is 452 g/mol. The summed E-state index contributed by atoms with van der Waals surface area (Å²) in [6.45, 7) is 4.32. The van der Waals surface area contributed by atoms with Gasteiger partial charge < -0.3 is 0 Å². The van der Waals surface area contributed by atoms with Crippen molar-refractivity contribution in [1.29, 1.82) is 0 Å². The Bertz CT molecular complexity index is 975. The van der Waals surface area contributed by atoms with E-state index in [9.17, 15) is 0 Å². The summed E-state index contributed by atoms with van der Waals surface area (Å²) in [5, 5.41) is 0. The Hall–Kier alpha value is -2.08. The summed E-state index contributed by atoms with van der Waals surface area (Å²) in [5.74, 6) is 4.27. The van der Waals surface area contributed by atoms with Crippen molar-refractivity contribution in [3.63, 3.8) is 0 Å². The van der Waals surface area contributed by atoms with Gasteiger partial charge in [0.05, 0.1) is 0 Å². The number of hydrogen-bond donors (Lipinski definition) is 0. The lowest BCUT2D eigenvalue weighted by molar-refractivity contribution is 0.206. The number of fused-ring (bicyclic) bond motifs is 1. The van der Waals surface area contributed by atoms with Crippen LogP contribution in [0.3, 0.4) is 0 Å². The second kappa shape index (κ2) is 11.1. The van der Waals surface area contributed by atoms with E-state index in [4.69, 9.17) is 0 Å². The van der Waals surface area contributed by atoms with Gasteiger partial charge in [0.2, 0.25) is 0 Å². The van der Waals surface area contributed by atoms with Crippen LogP contribution in [0.25, 0.3) is 11.1 Å². The maximum Gasteiger partial charge on any atom is -0.0162 e. The molecule has 2 aromatic carbocycles. The average Bonchev–Trinajstić information content (AvgIpc) is 2.89. The van der Waals surface area contributed by atoms with E-state index < -0.39 is 0 Å². The fraction of sp³-hybridized carbons (Fsp3) is 0.529. The van der Waals surface area contributed by atoms with E-state index in [1.165, 1.54) is 81.8 Å². The molecule has 0 radical (unpaired) electrons. The molecule has 0 spiro atoms. The molecule has 180 valence electrons. The first-order chi connectivity index (χ1) is 16.7. The van der Waals surface area contributed by atoms with Crippen LogP contribution in [0.4, 0.5) is 0 Å². The number of aryl methyl sites for hydroxylation is 1. The second-order valence-electron chi connectivity index (χ2n) is 11.4. The van der Waals surface area contributed by atoms with Crippen LogP contribution in [0.15, 0.2) is 66.8 Å². The van der Waals surface area contributed by atoms with E-state index in [2.05, 4.69) is 80.6 Å². The van der Waals surface area contributed by atoms with E-state index >= 15 is 0 Å². The normalized spacial score (nSPS) is 30.0. The molecule has 0 nitrogen and oxygen atoms in total. The average molecular weight is 453 g/mol. The molecule has 0 heterocycles. The third-order valence-electron chi connectivity index (χ3n) is 9.37. The number of allylic oxidation sites excluding steroid dienone is 4. The highest BCUT2D eigenvalue weighted by atomic mass is 14.3. The van der Waals surface area contributed by atoms with Crippen LogP contribution in [0, 0.1) is 23.7 Å². The quantitative estimate of drug-likeness (QED) is 0.396. The van der Waals surface area contributed by atoms with E-state index in [0.717, 1.165) is 29.6 Å². The number of benzene rings is 2. The lowest BCUT2D eigenvalue weighted by Crippen LogP contribution is -2.26. The summed E-state index contributed by atoms with van der Waals surface area (Å²) in [6.07, 6.45) is 24.4. The molecule has 0 bridgehead atoms. The van der Waals surface area contributed by atoms with Gasteiger partial charge in [0.15, 0.2) is 0 Å². The van der Waals surface area contributed by atoms with E-state index in [1.807, 2.05) is 0 Å². The van der Waals surface area contributed by atoms with Crippen LogP contribution in [-0.4, -0.2) is 0 Å². The van der Waals surface area contributed by atoms with Crippen LogP contribution >= 0.6 is 0 Å². The summed E-state index contributed by atoms with van der Waals surface area (Å²) in [5.41, 5.74) is 7.59. The Kier molecular flexibility index (Phi) is 7.73. The molecule has 34 heavy (non-hydrogen) atoms. The molecule has 0 aromatic heterocycles. The Balaban J connectivity index is 1.20. The van der Waals surface area contributed by atoms with E-state index in [1.54, 1.807) is 16.7 Å². The van der Waals surface area contributed by atoms with E-state index in [0.29, 0.717) is 0 Å². The van der Waals surface area contributed by atoms with Crippen LogP contribution in [-0.2, 0) is 12.8 Å². The summed E-state index contributed by atoms with van der Waals surface area (Å²) in [4.78, 5) is 0. The fourth-order valence-electron chi connectivity index (χ4n) is 7.31. The van der Waals surface area contributed by atoms with Gasteiger partial charge in [-0.3, -0.25) is 0 Å². The molecule has 0 aliphatic heterocycles. The van der Waals surface area contributed by atoms with Crippen molar-refractivity contribution in [3.8, 4) is 11.1 Å². The zero-order chi connectivity index (χ0) is 23.3. The highest BCUT2D eigenvalue weighted by molar-refractivity contribution is 5.65. The Labute approximate surface area is 208 Å². The maximum absolute atomic E-state index is 2.51. The number of hydrogen-bond acceptors (Lipinski definition) is 0. The summed E-state index contributed by atoms with van der Waals surface area (Å²) >= 11 is 0. The zero-order valence-electron chi connectivity index (χ0n) is 21.5. The molecule has 2 fully saturated rings. The Morgan fingerprint density at radius 3 is 1.85 bits per heavy atom. The molecule has 5 rings (SSSR count). The molecule has 1 unspecified atom stereocenters. The third-order valence-corrected chi connectivity index (χ3v) is 9.37. The predicted molar refractivity (Wildman–Crippen MR) is 147 cm³/mol. The van der Waals surface area contributed by atoms with Crippen molar-refractivity contribution in [2.45, 2.75) is 90.4 Å². The standard InChI is InChI=1S/C34H44/c1-3-5-25-7-11-27(12-8-25)28-15-17-30(18-16-28)32-20-22-33-23-31(19-21-34(33)24-32)29-13-9-26(6-4-2)10-14-29/h3-6,15-18,20,22,24-27,29,31H,7-14,19,21,23H2,1-2H3/b5-3+,6-4+. The molecule has 2 aromatic rings. The summed E-state index contributed by atoms with van der Waals surface area (Å²) in [7, 11) is 0. The largest absolute Gasteiger partial charge is 0.0914 e. The van der Waals surface area contributed by atoms with Gasteiger partial charge >= 0.3 is 0 Å². The van der Waals surface area contributed by atoms with Gasteiger partial charge in [0.1, 0.15) is 0 Å². The molecule has 1 atom stereocenters. The van der Waals surface area contributed by atoms with Gasteiger partial charge in [-0.15, -0.1) is 0 Å². The SMILES string of the molecule is C/C=C/C1CCC(c2ccc(-c3ccc4c(c3)CCC(C3CCC(/C=C/C)CC3)C4)cc2)CC1. The van der Waals surface area contributed by atoms with Crippen molar-refractivity contribution in [2.75, 3.05) is 0 Å². The maximum atomic E-state index is 2.51. The van der Waals surface area contributed by atoms with Gasteiger partial charge in [-0.05, 0) is 142 Å². The van der Waals surface area contributed by atoms with Crippen LogP contribution in [0.2, 0.25) is 0 Å². The molecule has 3 aliphatic carbocycles. The summed E-state index contributed by atoms with van der Waals surface area (Å²) in [6, 6.07) is 16.9. The smallest absolute Gasteiger partial charge is 0.0162 e. The van der Waals surface area contributed by atoms with Crippen LogP contribution in [0.5, 0.6) is 0 Å². The van der Waals surface area contributed by atoms with E-state index in [-0.39, 0.29) is 0 Å². The first kappa shape index (κ1) is 23.7. The van der Waals surface area contributed by atoms with Crippen LogP contribution in [0.1, 0.15) is 94.2 Å². The van der Waals surface area contributed by atoms with Crippen molar-refractivity contribution >= 4 is 0 Å². The Morgan fingerprint density at radius 2 is 1.21 bits per heavy atom. The third kappa shape index (κ3) is 5.42. The lowest BCUT2D eigenvalue weighted by atomic mass is 9.69. The van der Waals surface area contributed by atoms with Crippen molar-refractivity contribution in [2.24, 2.45) is 23.7 Å². The first-order valence-corrected chi connectivity index (χ1v) is 14.2. The van der Waals surface area contributed by atoms with Gasteiger partial charge in [0.25, 0.3) is 0 Å². The zero-order valence-corrected chi connectivity index (χ0v) is 21.5. The van der Waals surface area contributed by atoms with Crippen LogP contribution < -0.4 is 0 Å². The molecule has 0 heteroatoms. The molecule has 0 saturated heterocycles. The molecule has 3 aliphatic rings.